The van der Waals surface area contributed by atoms with Gasteiger partial charge in [-0.2, -0.15) is 12.6 Å². The maximum Gasteiger partial charge on any atom is 0.327 e. The number of thiol groups is 1. The van der Waals surface area contributed by atoms with Gasteiger partial charge in [0.25, 0.3) is 0 Å². The lowest BCUT2D eigenvalue weighted by Gasteiger charge is -2.09. The second-order valence-electron chi connectivity index (χ2n) is 3.33. The first kappa shape index (κ1) is 13.3. The van der Waals surface area contributed by atoms with Crippen molar-refractivity contribution >= 4 is 30.6 Å². The minimum absolute atomic E-state index is 0.0558. The molecule has 0 radical (unpaired) electrons. The number of carbonyl (C=O) groups is 2. The molecule has 1 rings (SSSR count). The van der Waals surface area contributed by atoms with E-state index in [4.69, 9.17) is 5.11 Å². The highest BCUT2D eigenvalue weighted by molar-refractivity contribution is 7.80. The van der Waals surface area contributed by atoms with Crippen molar-refractivity contribution < 1.29 is 14.7 Å². The molecule has 1 aromatic rings. The van der Waals surface area contributed by atoms with Crippen molar-refractivity contribution in [3.05, 3.63) is 42.0 Å². The highest BCUT2D eigenvalue weighted by atomic mass is 32.1. The van der Waals surface area contributed by atoms with E-state index in [9.17, 15) is 9.59 Å². The molecule has 1 amide bonds. The van der Waals surface area contributed by atoms with Gasteiger partial charge in [-0.3, -0.25) is 4.79 Å². The first-order chi connectivity index (χ1) is 8.13. The quantitative estimate of drug-likeness (QED) is 0.544. The molecule has 0 saturated heterocycles. The summed E-state index contributed by atoms with van der Waals surface area (Å²) in [5.41, 5.74) is 0.875. The van der Waals surface area contributed by atoms with Gasteiger partial charge in [0.15, 0.2) is 0 Å². The standard InChI is InChI=1S/C12H13NO3S/c14-11(13-10(8-17)12(15)16)7-6-9-4-2-1-3-5-9/h1-7,10,17H,8H2,(H,13,14)(H,15,16)/b7-6+. The van der Waals surface area contributed by atoms with Crippen molar-refractivity contribution in [2.45, 2.75) is 6.04 Å². The Balaban J connectivity index is 2.55. The molecule has 4 nitrogen and oxygen atoms in total. The Bertz CT molecular complexity index is 417. The lowest BCUT2D eigenvalue weighted by atomic mass is 10.2. The Hall–Kier alpha value is -1.75. The largest absolute Gasteiger partial charge is 0.480 e. The van der Waals surface area contributed by atoms with Gasteiger partial charge in [-0.25, -0.2) is 4.79 Å². The smallest absolute Gasteiger partial charge is 0.327 e. The molecule has 0 aliphatic rings. The van der Waals surface area contributed by atoms with Crippen LogP contribution >= 0.6 is 12.6 Å². The van der Waals surface area contributed by atoms with Gasteiger partial charge in [-0.15, -0.1) is 0 Å². The Morgan fingerprint density at radius 1 is 1.35 bits per heavy atom. The average molecular weight is 251 g/mol. The summed E-state index contributed by atoms with van der Waals surface area (Å²) in [6, 6.07) is 8.30. The molecule has 17 heavy (non-hydrogen) atoms. The van der Waals surface area contributed by atoms with Crippen molar-refractivity contribution in [3.8, 4) is 0 Å². The zero-order valence-corrected chi connectivity index (χ0v) is 9.93. The highest BCUT2D eigenvalue weighted by Gasteiger charge is 2.16. The van der Waals surface area contributed by atoms with Crippen LogP contribution in [0.3, 0.4) is 0 Å². The first-order valence-electron chi connectivity index (χ1n) is 5.01. The van der Waals surface area contributed by atoms with Crippen LogP contribution in [0.1, 0.15) is 5.56 Å². The fourth-order valence-electron chi connectivity index (χ4n) is 1.14. The van der Waals surface area contributed by atoms with Crippen molar-refractivity contribution in [1.82, 2.24) is 5.32 Å². The number of benzene rings is 1. The van der Waals surface area contributed by atoms with Crippen LogP contribution in [-0.2, 0) is 9.59 Å². The van der Waals surface area contributed by atoms with Crippen LogP contribution in [0.4, 0.5) is 0 Å². The number of carboxylic acids is 1. The summed E-state index contributed by atoms with van der Waals surface area (Å²) >= 11 is 3.85. The van der Waals surface area contributed by atoms with Crippen LogP contribution in [0.25, 0.3) is 6.08 Å². The molecule has 2 N–H and O–H groups in total. The van der Waals surface area contributed by atoms with E-state index in [0.717, 1.165) is 5.56 Å². The molecular weight excluding hydrogens is 238 g/mol. The van der Waals surface area contributed by atoms with Gasteiger partial charge in [-0.1, -0.05) is 30.3 Å². The summed E-state index contributed by atoms with van der Waals surface area (Å²) in [6.07, 6.45) is 2.92. The third kappa shape index (κ3) is 4.74. The second kappa shape index (κ2) is 6.75. The number of carboxylic acid groups (broad SMARTS) is 1. The summed E-state index contributed by atoms with van der Waals surface area (Å²) in [7, 11) is 0. The van der Waals surface area contributed by atoms with E-state index in [1.165, 1.54) is 6.08 Å². The molecule has 0 bridgehead atoms. The van der Waals surface area contributed by atoms with E-state index < -0.39 is 17.9 Å². The van der Waals surface area contributed by atoms with Crippen LogP contribution in [-0.4, -0.2) is 28.8 Å². The minimum atomic E-state index is -1.10. The van der Waals surface area contributed by atoms with Crippen LogP contribution < -0.4 is 5.32 Å². The number of rotatable bonds is 5. The molecule has 1 atom stereocenters. The maximum absolute atomic E-state index is 11.4. The minimum Gasteiger partial charge on any atom is -0.480 e. The van der Waals surface area contributed by atoms with Gasteiger partial charge in [-0.05, 0) is 11.6 Å². The summed E-state index contributed by atoms with van der Waals surface area (Å²) in [5.74, 6) is -1.49. The van der Waals surface area contributed by atoms with Crippen molar-refractivity contribution in [2.24, 2.45) is 0 Å². The zero-order valence-electron chi connectivity index (χ0n) is 9.04. The van der Waals surface area contributed by atoms with Crippen LogP contribution in [0, 0.1) is 0 Å². The third-order valence-electron chi connectivity index (χ3n) is 2.02. The van der Waals surface area contributed by atoms with Crippen LogP contribution in [0.15, 0.2) is 36.4 Å². The predicted molar refractivity (Wildman–Crippen MR) is 68.9 cm³/mol. The lowest BCUT2D eigenvalue weighted by molar-refractivity contribution is -0.140. The molecule has 0 saturated carbocycles. The topological polar surface area (TPSA) is 66.4 Å². The number of hydrogen-bond acceptors (Lipinski definition) is 3. The summed E-state index contributed by atoms with van der Waals surface area (Å²) in [6.45, 7) is 0. The summed E-state index contributed by atoms with van der Waals surface area (Å²) in [5, 5.41) is 11.1. The predicted octanol–water partition coefficient (Wildman–Crippen LogP) is 1.20. The number of carbonyl (C=O) groups excluding carboxylic acids is 1. The van der Waals surface area contributed by atoms with Crippen LogP contribution in [0.2, 0.25) is 0 Å². The molecule has 0 spiro atoms. The number of hydrogen-bond donors (Lipinski definition) is 3. The Morgan fingerprint density at radius 2 is 2.00 bits per heavy atom. The molecule has 0 heterocycles. The van der Waals surface area contributed by atoms with Crippen molar-refractivity contribution in [3.63, 3.8) is 0 Å². The Morgan fingerprint density at radius 3 is 2.53 bits per heavy atom. The zero-order chi connectivity index (χ0) is 12.7. The summed E-state index contributed by atoms with van der Waals surface area (Å²) in [4.78, 5) is 22.0. The highest BCUT2D eigenvalue weighted by Crippen LogP contribution is 2.00. The van der Waals surface area contributed by atoms with Gasteiger partial charge in [0.1, 0.15) is 6.04 Å². The Kier molecular flexibility index (Phi) is 5.29. The molecule has 1 unspecified atom stereocenters. The average Bonchev–Trinajstić information content (AvgIpc) is 2.34. The fraction of sp³-hybridized carbons (Fsp3) is 0.167. The van der Waals surface area contributed by atoms with Crippen LogP contribution in [0.5, 0.6) is 0 Å². The molecular formula is C12H13NO3S. The molecule has 5 heteroatoms. The molecule has 0 fully saturated rings. The normalized spacial score (nSPS) is 12.3. The summed E-state index contributed by atoms with van der Waals surface area (Å²) < 4.78 is 0. The van der Waals surface area contributed by atoms with E-state index in [1.54, 1.807) is 6.08 Å². The second-order valence-corrected chi connectivity index (χ2v) is 3.69. The van der Waals surface area contributed by atoms with Crippen molar-refractivity contribution in [1.29, 1.82) is 0 Å². The molecule has 90 valence electrons. The SMILES string of the molecule is O=C(/C=C/c1ccccc1)NC(CS)C(=O)O. The van der Waals surface area contributed by atoms with E-state index in [-0.39, 0.29) is 5.75 Å². The number of aliphatic carboxylic acids is 1. The third-order valence-corrected chi connectivity index (χ3v) is 2.39. The van der Waals surface area contributed by atoms with Crippen molar-refractivity contribution in [2.75, 3.05) is 5.75 Å². The van der Waals surface area contributed by atoms with E-state index in [2.05, 4.69) is 17.9 Å². The number of amides is 1. The maximum atomic E-state index is 11.4. The molecule has 0 aromatic heterocycles. The number of nitrogens with one attached hydrogen (secondary N) is 1. The Labute approximate surface area is 105 Å². The fourth-order valence-corrected chi connectivity index (χ4v) is 1.39. The van der Waals surface area contributed by atoms with Gasteiger partial charge in [0, 0.05) is 11.8 Å². The molecule has 0 aliphatic carbocycles. The first-order valence-corrected chi connectivity index (χ1v) is 5.64. The lowest BCUT2D eigenvalue weighted by Crippen LogP contribution is -2.41. The van der Waals surface area contributed by atoms with Gasteiger partial charge in [0.2, 0.25) is 5.91 Å². The van der Waals surface area contributed by atoms with E-state index >= 15 is 0 Å². The van der Waals surface area contributed by atoms with E-state index in [1.807, 2.05) is 30.3 Å². The van der Waals surface area contributed by atoms with Gasteiger partial charge < -0.3 is 10.4 Å². The van der Waals surface area contributed by atoms with E-state index in [0.29, 0.717) is 0 Å². The molecule has 1 aromatic carbocycles. The molecule has 0 aliphatic heterocycles. The van der Waals surface area contributed by atoms with Gasteiger partial charge >= 0.3 is 5.97 Å². The van der Waals surface area contributed by atoms with Gasteiger partial charge in [0.05, 0.1) is 0 Å². The monoisotopic (exact) mass is 251 g/mol.